The first-order valence-electron chi connectivity index (χ1n) is 7.46. The zero-order valence-corrected chi connectivity index (χ0v) is 12.1. The van der Waals surface area contributed by atoms with Gasteiger partial charge in [-0.2, -0.15) is 5.21 Å². The molecule has 0 saturated heterocycles. The summed E-state index contributed by atoms with van der Waals surface area (Å²) in [5.74, 6) is 1.10. The van der Waals surface area contributed by atoms with Gasteiger partial charge in [-0.05, 0) is 60.5 Å². The lowest BCUT2D eigenvalue weighted by Crippen LogP contribution is -2.58. The zero-order chi connectivity index (χ0) is 14.0. The van der Waals surface area contributed by atoms with Gasteiger partial charge >= 0.3 is 0 Å². The van der Waals surface area contributed by atoms with Gasteiger partial charge in [-0.25, -0.2) is 0 Å². The van der Waals surface area contributed by atoms with Crippen molar-refractivity contribution in [3.8, 4) is 0 Å². The van der Waals surface area contributed by atoms with E-state index in [0.29, 0.717) is 22.7 Å². The van der Waals surface area contributed by atoms with Crippen molar-refractivity contribution in [3.05, 3.63) is 0 Å². The maximum atomic E-state index is 12.8. The number of hydrogen-bond donors (Lipinski definition) is 2. The predicted molar refractivity (Wildman–Crippen MR) is 72.6 cm³/mol. The lowest BCUT2D eigenvalue weighted by molar-refractivity contribution is -0.165. The number of rotatable bonds is 2. The molecule has 4 aliphatic rings. The first-order valence-corrected chi connectivity index (χ1v) is 7.46. The molecule has 6 nitrogen and oxygen atoms in total. The van der Waals surface area contributed by atoms with Gasteiger partial charge in [0, 0.05) is 0 Å². The van der Waals surface area contributed by atoms with E-state index in [1.807, 2.05) is 0 Å². The number of nitrogens with zero attached hydrogens (tertiary/aromatic N) is 3. The third kappa shape index (κ3) is 1.70. The van der Waals surface area contributed by atoms with E-state index >= 15 is 0 Å². The molecule has 4 aliphatic carbocycles. The van der Waals surface area contributed by atoms with Gasteiger partial charge in [0.25, 0.3) is 5.95 Å². The third-order valence-electron chi connectivity index (χ3n) is 5.68. The van der Waals surface area contributed by atoms with E-state index in [1.165, 1.54) is 19.3 Å². The van der Waals surface area contributed by atoms with Crippen LogP contribution in [-0.2, 0) is 4.79 Å². The molecule has 4 saturated carbocycles. The van der Waals surface area contributed by atoms with E-state index in [0.717, 1.165) is 19.3 Å². The quantitative estimate of drug-likeness (QED) is 0.866. The average molecular weight is 275 g/mol. The number of tetrazole rings is 1. The molecule has 0 aromatic carbocycles. The van der Waals surface area contributed by atoms with Crippen LogP contribution in [0.2, 0.25) is 0 Å². The normalized spacial score (nSPS) is 45.6. The molecule has 0 aliphatic heterocycles. The second-order valence-corrected chi connectivity index (χ2v) is 8.10. The van der Waals surface area contributed by atoms with Crippen LogP contribution in [0.25, 0.3) is 0 Å². The topological polar surface area (TPSA) is 83.6 Å². The van der Waals surface area contributed by atoms with Crippen LogP contribution in [0.3, 0.4) is 0 Å². The molecule has 1 amide bonds. The standard InChI is InChI=1S/C14H21N5O/c1-12-3-9-4-13(2,6-12)8-14(5-9,7-12)10(20)15-11-16-18-19-17-11/h9H,3-8H2,1-2H3,(H2,15,16,17,18,19,20)/t9?,12-,13-,14?/m0/s1. The van der Waals surface area contributed by atoms with Crippen LogP contribution in [0.5, 0.6) is 0 Å². The predicted octanol–water partition coefficient (Wildman–Crippen LogP) is 2.13. The molecule has 2 N–H and O–H groups in total. The van der Waals surface area contributed by atoms with Crippen LogP contribution < -0.4 is 5.32 Å². The molecule has 108 valence electrons. The molecule has 5 rings (SSSR count). The fourth-order valence-electron chi connectivity index (χ4n) is 6.15. The zero-order valence-electron chi connectivity index (χ0n) is 12.1. The Morgan fingerprint density at radius 2 is 1.90 bits per heavy atom. The van der Waals surface area contributed by atoms with Crippen molar-refractivity contribution < 1.29 is 4.79 Å². The second kappa shape index (κ2) is 3.59. The minimum Gasteiger partial charge on any atom is -0.291 e. The maximum absolute atomic E-state index is 12.8. The molecule has 4 bridgehead atoms. The minimum atomic E-state index is -0.219. The van der Waals surface area contributed by atoms with E-state index in [9.17, 15) is 4.79 Å². The Balaban J connectivity index is 1.65. The monoisotopic (exact) mass is 275 g/mol. The highest BCUT2D eigenvalue weighted by atomic mass is 16.2. The van der Waals surface area contributed by atoms with Crippen molar-refractivity contribution in [1.29, 1.82) is 0 Å². The molecule has 4 fully saturated rings. The van der Waals surface area contributed by atoms with Crippen molar-refractivity contribution >= 4 is 11.9 Å². The second-order valence-electron chi connectivity index (χ2n) is 8.10. The third-order valence-corrected chi connectivity index (χ3v) is 5.68. The number of H-pyrrole nitrogens is 1. The van der Waals surface area contributed by atoms with Crippen LogP contribution in [0, 0.1) is 22.2 Å². The highest BCUT2D eigenvalue weighted by molar-refractivity contribution is 5.94. The summed E-state index contributed by atoms with van der Waals surface area (Å²) in [5, 5.41) is 16.4. The van der Waals surface area contributed by atoms with Gasteiger partial charge in [0.05, 0.1) is 5.41 Å². The van der Waals surface area contributed by atoms with Crippen molar-refractivity contribution in [1.82, 2.24) is 20.6 Å². The summed E-state index contributed by atoms with van der Waals surface area (Å²) >= 11 is 0. The average Bonchev–Trinajstić information content (AvgIpc) is 2.76. The van der Waals surface area contributed by atoms with Gasteiger partial charge in [0.2, 0.25) is 5.91 Å². The van der Waals surface area contributed by atoms with Crippen LogP contribution in [-0.4, -0.2) is 26.5 Å². The number of carbonyl (C=O) groups excluding carboxylic acids is 1. The molecule has 0 spiro atoms. The fraction of sp³-hybridized carbons (Fsp3) is 0.857. The SMILES string of the molecule is C[C@@]12CC3CC(C(=O)Nc4nn[nH]n4)(C1)C[C@@](C)(C3)C2. The highest BCUT2D eigenvalue weighted by Gasteiger charge is 2.62. The summed E-state index contributed by atoms with van der Waals surface area (Å²) in [6.07, 6.45) is 6.90. The van der Waals surface area contributed by atoms with E-state index in [-0.39, 0.29) is 11.3 Å². The molecule has 1 aromatic rings. The van der Waals surface area contributed by atoms with Crippen LogP contribution in [0.4, 0.5) is 5.95 Å². The van der Waals surface area contributed by atoms with E-state index in [2.05, 4.69) is 39.8 Å². The van der Waals surface area contributed by atoms with Gasteiger partial charge in [-0.3, -0.25) is 10.1 Å². The summed E-state index contributed by atoms with van der Waals surface area (Å²) in [6, 6.07) is 0. The summed E-state index contributed by atoms with van der Waals surface area (Å²) < 4.78 is 0. The van der Waals surface area contributed by atoms with Gasteiger partial charge in [0.15, 0.2) is 0 Å². The lowest BCUT2D eigenvalue weighted by Gasteiger charge is -2.64. The fourth-order valence-corrected chi connectivity index (χ4v) is 6.15. The largest absolute Gasteiger partial charge is 0.291 e. The number of carbonyl (C=O) groups is 1. The maximum Gasteiger partial charge on any atom is 0.269 e. The Morgan fingerprint density at radius 1 is 1.20 bits per heavy atom. The van der Waals surface area contributed by atoms with E-state index < -0.39 is 0 Å². The first-order chi connectivity index (χ1) is 9.41. The number of anilines is 1. The molecule has 1 aromatic heterocycles. The number of aromatic nitrogens is 4. The van der Waals surface area contributed by atoms with Crippen LogP contribution in [0.1, 0.15) is 52.4 Å². The molecule has 1 heterocycles. The Labute approximate surface area is 118 Å². The molecular weight excluding hydrogens is 254 g/mol. The number of amides is 1. The Hall–Kier alpha value is -1.46. The van der Waals surface area contributed by atoms with Crippen molar-refractivity contribution in [3.63, 3.8) is 0 Å². The van der Waals surface area contributed by atoms with Crippen molar-refractivity contribution in [2.75, 3.05) is 5.32 Å². The van der Waals surface area contributed by atoms with E-state index in [1.54, 1.807) is 0 Å². The number of aromatic amines is 1. The van der Waals surface area contributed by atoms with Crippen molar-refractivity contribution in [2.24, 2.45) is 22.2 Å². The van der Waals surface area contributed by atoms with Gasteiger partial charge in [0.1, 0.15) is 0 Å². The number of nitrogens with one attached hydrogen (secondary N) is 2. The van der Waals surface area contributed by atoms with Crippen molar-refractivity contribution in [2.45, 2.75) is 52.4 Å². The molecule has 0 unspecified atom stereocenters. The van der Waals surface area contributed by atoms with Gasteiger partial charge in [-0.15, -0.1) is 5.10 Å². The number of hydrogen-bond acceptors (Lipinski definition) is 4. The van der Waals surface area contributed by atoms with E-state index in [4.69, 9.17) is 0 Å². The molecule has 0 radical (unpaired) electrons. The molecule has 20 heavy (non-hydrogen) atoms. The molecular formula is C14H21N5O. The summed E-state index contributed by atoms with van der Waals surface area (Å²) in [4.78, 5) is 12.8. The van der Waals surface area contributed by atoms with Gasteiger partial charge in [-0.1, -0.05) is 18.9 Å². The van der Waals surface area contributed by atoms with Crippen LogP contribution in [0.15, 0.2) is 0 Å². The Kier molecular flexibility index (Phi) is 2.21. The Bertz CT molecular complexity index is 536. The minimum absolute atomic E-state index is 0.0976. The Morgan fingerprint density at radius 3 is 2.45 bits per heavy atom. The summed E-state index contributed by atoms with van der Waals surface area (Å²) in [7, 11) is 0. The summed E-state index contributed by atoms with van der Waals surface area (Å²) in [6.45, 7) is 4.73. The first kappa shape index (κ1) is 12.3. The lowest BCUT2D eigenvalue weighted by atomic mass is 9.40. The smallest absolute Gasteiger partial charge is 0.269 e. The molecule has 6 heteroatoms. The molecule has 2 atom stereocenters. The summed E-state index contributed by atoms with van der Waals surface area (Å²) in [5.41, 5.74) is 0.453. The van der Waals surface area contributed by atoms with Crippen LogP contribution >= 0.6 is 0 Å². The highest BCUT2D eigenvalue weighted by Crippen LogP contribution is 2.69. The van der Waals surface area contributed by atoms with Gasteiger partial charge < -0.3 is 0 Å².